The first kappa shape index (κ1) is 15.7. The van der Waals surface area contributed by atoms with E-state index in [-0.39, 0.29) is 17.8 Å². The van der Waals surface area contributed by atoms with E-state index in [9.17, 15) is 9.18 Å². The number of halogens is 1. The highest BCUT2D eigenvalue weighted by atomic mass is 19.1. The van der Waals surface area contributed by atoms with Crippen molar-refractivity contribution in [1.29, 1.82) is 0 Å². The third-order valence-corrected chi connectivity index (χ3v) is 4.69. The average molecular weight is 312 g/mol. The molecule has 1 amide bonds. The SMILES string of the molecule is Cc1cnccc1CC(=O)N1CC[C@H](C)[C@@H]1c1cccc(F)c1. The molecule has 120 valence electrons. The molecule has 0 unspecified atom stereocenters. The molecule has 23 heavy (non-hydrogen) atoms. The maximum Gasteiger partial charge on any atom is 0.227 e. The molecule has 3 rings (SSSR count). The Bertz CT molecular complexity index is 716. The summed E-state index contributed by atoms with van der Waals surface area (Å²) in [5.74, 6) is 0.177. The van der Waals surface area contributed by atoms with Crippen molar-refractivity contribution in [2.75, 3.05) is 6.54 Å². The van der Waals surface area contributed by atoms with Crippen LogP contribution in [0.5, 0.6) is 0 Å². The number of benzene rings is 1. The first-order valence-corrected chi connectivity index (χ1v) is 8.00. The highest BCUT2D eigenvalue weighted by Crippen LogP contribution is 2.37. The molecule has 0 bridgehead atoms. The van der Waals surface area contributed by atoms with Gasteiger partial charge in [-0.1, -0.05) is 19.1 Å². The van der Waals surface area contributed by atoms with Crippen LogP contribution >= 0.6 is 0 Å². The van der Waals surface area contributed by atoms with Gasteiger partial charge in [0, 0.05) is 18.9 Å². The summed E-state index contributed by atoms with van der Waals surface area (Å²) in [5, 5.41) is 0. The summed E-state index contributed by atoms with van der Waals surface area (Å²) >= 11 is 0. The standard InChI is InChI=1S/C19H21FN2O/c1-13-7-9-22(19(13)16-4-3-5-17(20)10-16)18(23)11-15-6-8-21-12-14(15)2/h3-6,8,10,12-13,19H,7,9,11H2,1-2H3/t13-,19+/m0/s1. The number of carbonyl (C=O) groups excluding carboxylic acids is 1. The molecule has 1 aromatic carbocycles. The largest absolute Gasteiger partial charge is 0.335 e. The van der Waals surface area contributed by atoms with Crippen molar-refractivity contribution in [2.45, 2.75) is 32.7 Å². The molecule has 0 aliphatic carbocycles. The molecule has 2 aromatic rings. The number of nitrogens with zero attached hydrogens (tertiary/aromatic N) is 2. The van der Waals surface area contributed by atoms with Crippen LogP contribution in [0.3, 0.4) is 0 Å². The fourth-order valence-corrected chi connectivity index (χ4v) is 3.39. The van der Waals surface area contributed by atoms with E-state index in [4.69, 9.17) is 0 Å². The third-order valence-electron chi connectivity index (χ3n) is 4.69. The van der Waals surface area contributed by atoms with Crippen LogP contribution in [0.25, 0.3) is 0 Å². The molecular formula is C19H21FN2O. The minimum absolute atomic E-state index is 0.0413. The summed E-state index contributed by atoms with van der Waals surface area (Å²) in [6, 6.07) is 8.46. The van der Waals surface area contributed by atoms with Crippen molar-refractivity contribution in [3.05, 3.63) is 65.2 Å². The number of carbonyl (C=O) groups is 1. The number of hydrogen-bond acceptors (Lipinski definition) is 2. The molecule has 1 saturated heterocycles. The molecule has 1 aliphatic heterocycles. The van der Waals surface area contributed by atoms with Crippen molar-refractivity contribution in [2.24, 2.45) is 5.92 Å². The van der Waals surface area contributed by atoms with Gasteiger partial charge in [-0.05, 0) is 54.2 Å². The molecule has 0 saturated carbocycles. The lowest BCUT2D eigenvalue weighted by Gasteiger charge is -2.28. The Morgan fingerprint density at radius 1 is 1.39 bits per heavy atom. The summed E-state index contributed by atoms with van der Waals surface area (Å²) in [6.07, 6.45) is 4.81. The van der Waals surface area contributed by atoms with Crippen LogP contribution in [0.4, 0.5) is 4.39 Å². The van der Waals surface area contributed by atoms with Gasteiger partial charge in [-0.2, -0.15) is 0 Å². The molecule has 2 heterocycles. The zero-order valence-electron chi connectivity index (χ0n) is 13.5. The summed E-state index contributed by atoms with van der Waals surface area (Å²) in [4.78, 5) is 18.8. The van der Waals surface area contributed by atoms with Crippen molar-refractivity contribution < 1.29 is 9.18 Å². The Morgan fingerprint density at radius 2 is 2.22 bits per heavy atom. The molecule has 0 radical (unpaired) electrons. The smallest absolute Gasteiger partial charge is 0.227 e. The molecule has 1 fully saturated rings. The quantitative estimate of drug-likeness (QED) is 0.866. The fraction of sp³-hybridized carbons (Fsp3) is 0.368. The Hall–Kier alpha value is -2.23. The second-order valence-electron chi connectivity index (χ2n) is 6.33. The summed E-state index contributed by atoms with van der Waals surface area (Å²) in [6.45, 7) is 4.82. The molecule has 0 N–H and O–H groups in total. The van der Waals surface area contributed by atoms with E-state index in [1.807, 2.05) is 24.0 Å². The molecule has 0 spiro atoms. The van der Waals surface area contributed by atoms with E-state index < -0.39 is 0 Å². The van der Waals surface area contributed by atoms with Crippen LogP contribution in [0.15, 0.2) is 42.7 Å². The number of pyridine rings is 1. The minimum Gasteiger partial charge on any atom is -0.335 e. The van der Waals surface area contributed by atoms with Crippen LogP contribution in [0, 0.1) is 18.7 Å². The van der Waals surface area contributed by atoms with Gasteiger partial charge in [0.1, 0.15) is 5.82 Å². The number of aryl methyl sites for hydroxylation is 1. The molecule has 4 heteroatoms. The third kappa shape index (κ3) is 3.26. The number of rotatable bonds is 3. The van der Waals surface area contributed by atoms with Crippen LogP contribution in [0.2, 0.25) is 0 Å². The van der Waals surface area contributed by atoms with Gasteiger partial charge in [0.25, 0.3) is 0 Å². The minimum atomic E-state index is -0.251. The van der Waals surface area contributed by atoms with Gasteiger partial charge in [0.2, 0.25) is 5.91 Å². The molecule has 1 aliphatic rings. The first-order chi connectivity index (χ1) is 11.1. The van der Waals surface area contributed by atoms with Gasteiger partial charge in [-0.25, -0.2) is 4.39 Å². The highest BCUT2D eigenvalue weighted by molar-refractivity contribution is 5.80. The summed E-state index contributed by atoms with van der Waals surface area (Å²) < 4.78 is 13.6. The highest BCUT2D eigenvalue weighted by Gasteiger charge is 2.35. The lowest BCUT2D eigenvalue weighted by atomic mass is 9.95. The van der Waals surface area contributed by atoms with E-state index in [0.29, 0.717) is 12.3 Å². The summed E-state index contributed by atoms with van der Waals surface area (Å²) in [7, 11) is 0. The Morgan fingerprint density at radius 3 is 2.96 bits per heavy atom. The second-order valence-corrected chi connectivity index (χ2v) is 6.33. The lowest BCUT2D eigenvalue weighted by Crippen LogP contribution is -2.33. The average Bonchev–Trinajstić information content (AvgIpc) is 2.91. The second kappa shape index (κ2) is 6.49. The maximum absolute atomic E-state index is 13.6. The van der Waals surface area contributed by atoms with Gasteiger partial charge in [0.05, 0.1) is 12.5 Å². The molecular weight excluding hydrogens is 291 g/mol. The van der Waals surface area contributed by atoms with Crippen molar-refractivity contribution in [1.82, 2.24) is 9.88 Å². The van der Waals surface area contributed by atoms with Crippen LogP contribution in [0.1, 0.15) is 36.1 Å². The van der Waals surface area contributed by atoms with Crippen LogP contribution in [-0.4, -0.2) is 22.3 Å². The van der Waals surface area contributed by atoms with Gasteiger partial charge in [-0.15, -0.1) is 0 Å². The van der Waals surface area contributed by atoms with Crippen molar-refractivity contribution in [3.63, 3.8) is 0 Å². The predicted molar refractivity (Wildman–Crippen MR) is 87.3 cm³/mol. The number of amides is 1. The zero-order valence-corrected chi connectivity index (χ0v) is 13.5. The lowest BCUT2D eigenvalue weighted by molar-refractivity contribution is -0.131. The van der Waals surface area contributed by atoms with Gasteiger partial charge in [-0.3, -0.25) is 9.78 Å². The normalized spacial score (nSPS) is 20.7. The van der Waals surface area contributed by atoms with E-state index >= 15 is 0 Å². The monoisotopic (exact) mass is 312 g/mol. The van der Waals surface area contributed by atoms with Crippen LogP contribution in [-0.2, 0) is 11.2 Å². The molecule has 2 atom stereocenters. The predicted octanol–water partition coefficient (Wildman–Crippen LogP) is 3.68. The Kier molecular flexibility index (Phi) is 4.42. The van der Waals surface area contributed by atoms with Gasteiger partial charge in [0.15, 0.2) is 0 Å². The topological polar surface area (TPSA) is 33.2 Å². The summed E-state index contributed by atoms with van der Waals surface area (Å²) in [5.41, 5.74) is 2.91. The van der Waals surface area contributed by atoms with E-state index in [0.717, 1.165) is 29.7 Å². The molecule has 1 aromatic heterocycles. The number of hydrogen-bond donors (Lipinski definition) is 0. The number of aromatic nitrogens is 1. The van der Waals surface area contributed by atoms with Crippen molar-refractivity contribution >= 4 is 5.91 Å². The van der Waals surface area contributed by atoms with Gasteiger partial charge < -0.3 is 4.90 Å². The van der Waals surface area contributed by atoms with Crippen molar-refractivity contribution in [3.8, 4) is 0 Å². The zero-order chi connectivity index (χ0) is 16.4. The fourth-order valence-electron chi connectivity index (χ4n) is 3.39. The van der Waals surface area contributed by atoms with E-state index in [1.165, 1.54) is 6.07 Å². The van der Waals surface area contributed by atoms with E-state index in [2.05, 4.69) is 11.9 Å². The maximum atomic E-state index is 13.6. The molecule has 3 nitrogen and oxygen atoms in total. The van der Waals surface area contributed by atoms with Crippen LogP contribution < -0.4 is 0 Å². The van der Waals surface area contributed by atoms with Gasteiger partial charge >= 0.3 is 0 Å². The Balaban J connectivity index is 1.83. The first-order valence-electron chi connectivity index (χ1n) is 8.00. The van der Waals surface area contributed by atoms with E-state index in [1.54, 1.807) is 24.5 Å². The Labute approximate surface area is 136 Å². The number of likely N-dealkylation sites (tertiary alicyclic amines) is 1.